The molecule has 3 aromatic rings. The molecule has 2 aromatic carbocycles. The number of fused-ring (bicyclic) bond motifs is 1. The third-order valence-corrected chi connectivity index (χ3v) is 6.11. The SMILES string of the molecule is Cc1ccc(C(=O)N(CCCN(C)C)c2nc3cc(C)c(C)cc3s2)c(C)c1.Cl. The van der Waals surface area contributed by atoms with Gasteiger partial charge in [-0.15, -0.1) is 12.4 Å². The monoisotopic (exact) mass is 431 g/mol. The van der Waals surface area contributed by atoms with Crippen molar-refractivity contribution in [1.29, 1.82) is 0 Å². The van der Waals surface area contributed by atoms with E-state index in [9.17, 15) is 4.79 Å². The van der Waals surface area contributed by atoms with Gasteiger partial charge in [0, 0.05) is 12.1 Å². The lowest BCUT2D eigenvalue weighted by Gasteiger charge is -2.22. The topological polar surface area (TPSA) is 36.4 Å². The Kier molecular flexibility index (Phi) is 7.80. The van der Waals surface area contributed by atoms with Crippen molar-refractivity contribution in [2.75, 3.05) is 32.1 Å². The number of carbonyl (C=O) groups is 1. The lowest BCUT2D eigenvalue weighted by atomic mass is 10.0. The molecule has 0 N–H and O–H groups in total. The van der Waals surface area contributed by atoms with Gasteiger partial charge in [0.1, 0.15) is 0 Å². The van der Waals surface area contributed by atoms with Crippen LogP contribution >= 0.6 is 23.7 Å². The zero-order valence-corrected chi connectivity index (χ0v) is 19.7. The van der Waals surface area contributed by atoms with Gasteiger partial charge in [0.15, 0.2) is 5.13 Å². The van der Waals surface area contributed by atoms with Gasteiger partial charge in [-0.25, -0.2) is 4.98 Å². The van der Waals surface area contributed by atoms with Crippen LogP contribution in [0.15, 0.2) is 30.3 Å². The fraction of sp³-hybridized carbons (Fsp3) is 0.391. The number of amides is 1. The Morgan fingerprint density at radius 1 is 0.966 bits per heavy atom. The van der Waals surface area contributed by atoms with Gasteiger partial charge in [0.05, 0.1) is 10.2 Å². The van der Waals surface area contributed by atoms with E-state index >= 15 is 0 Å². The summed E-state index contributed by atoms with van der Waals surface area (Å²) in [6.07, 6.45) is 0.900. The van der Waals surface area contributed by atoms with Crippen molar-refractivity contribution in [2.45, 2.75) is 34.1 Å². The van der Waals surface area contributed by atoms with Crippen molar-refractivity contribution in [3.05, 3.63) is 58.1 Å². The molecule has 0 saturated carbocycles. The molecule has 0 saturated heterocycles. The van der Waals surface area contributed by atoms with Gasteiger partial charge in [-0.05, 0) is 89.6 Å². The molecule has 156 valence electrons. The minimum absolute atomic E-state index is 0. The minimum Gasteiger partial charge on any atom is -0.309 e. The molecule has 0 unspecified atom stereocenters. The maximum Gasteiger partial charge on any atom is 0.260 e. The van der Waals surface area contributed by atoms with Gasteiger partial charge in [0.25, 0.3) is 5.91 Å². The minimum atomic E-state index is 0. The van der Waals surface area contributed by atoms with Crippen LogP contribution in [0, 0.1) is 27.7 Å². The molecular formula is C23H30ClN3OS. The number of nitrogens with zero attached hydrogens (tertiary/aromatic N) is 3. The summed E-state index contributed by atoms with van der Waals surface area (Å²) in [4.78, 5) is 22.3. The first-order valence-electron chi connectivity index (χ1n) is 9.68. The highest BCUT2D eigenvalue weighted by Crippen LogP contribution is 2.32. The lowest BCUT2D eigenvalue weighted by Crippen LogP contribution is -2.33. The first-order valence-corrected chi connectivity index (χ1v) is 10.5. The van der Waals surface area contributed by atoms with Gasteiger partial charge in [-0.2, -0.15) is 0 Å². The van der Waals surface area contributed by atoms with Crippen LogP contribution < -0.4 is 4.90 Å². The van der Waals surface area contributed by atoms with Gasteiger partial charge in [0.2, 0.25) is 0 Å². The van der Waals surface area contributed by atoms with Crippen molar-refractivity contribution < 1.29 is 4.79 Å². The van der Waals surface area contributed by atoms with Crippen molar-refractivity contribution in [3.8, 4) is 0 Å². The molecule has 1 amide bonds. The smallest absolute Gasteiger partial charge is 0.260 e. The second-order valence-electron chi connectivity index (χ2n) is 7.83. The molecule has 0 atom stereocenters. The standard InChI is InChI=1S/C23H29N3OS.ClH/c1-15-8-9-19(18(4)12-15)22(27)26(11-7-10-25(5)6)23-24-20-13-16(2)17(3)14-21(20)28-23;/h8-9,12-14H,7,10-11H2,1-6H3;1H. The zero-order chi connectivity index (χ0) is 20.4. The Morgan fingerprint density at radius 2 is 1.66 bits per heavy atom. The fourth-order valence-corrected chi connectivity index (χ4v) is 4.38. The highest BCUT2D eigenvalue weighted by Gasteiger charge is 2.22. The molecule has 0 aliphatic carbocycles. The fourth-order valence-electron chi connectivity index (χ4n) is 3.31. The number of carbonyl (C=O) groups excluding carboxylic acids is 1. The summed E-state index contributed by atoms with van der Waals surface area (Å²) < 4.78 is 1.13. The maximum absolute atomic E-state index is 13.4. The quantitative estimate of drug-likeness (QED) is 0.513. The Bertz CT molecular complexity index is 974. The second kappa shape index (κ2) is 9.70. The molecule has 0 aliphatic heterocycles. The van der Waals surface area contributed by atoms with Crippen LogP contribution in [0.5, 0.6) is 0 Å². The van der Waals surface area contributed by atoms with Crippen LogP contribution in [0.2, 0.25) is 0 Å². The molecule has 0 aliphatic rings. The second-order valence-corrected chi connectivity index (χ2v) is 8.84. The number of benzene rings is 2. The van der Waals surface area contributed by atoms with E-state index in [2.05, 4.69) is 51.0 Å². The van der Waals surface area contributed by atoms with E-state index in [0.29, 0.717) is 6.54 Å². The largest absolute Gasteiger partial charge is 0.309 e. The summed E-state index contributed by atoms with van der Waals surface area (Å²) in [6, 6.07) is 10.3. The molecule has 6 heteroatoms. The van der Waals surface area contributed by atoms with Gasteiger partial charge >= 0.3 is 0 Å². The molecule has 1 heterocycles. The molecule has 4 nitrogen and oxygen atoms in total. The average molecular weight is 432 g/mol. The van der Waals surface area contributed by atoms with Gasteiger partial charge < -0.3 is 4.90 Å². The summed E-state index contributed by atoms with van der Waals surface area (Å²) in [7, 11) is 4.11. The van der Waals surface area contributed by atoms with E-state index in [1.165, 1.54) is 16.7 Å². The van der Waals surface area contributed by atoms with E-state index in [0.717, 1.165) is 39.4 Å². The summed E-state index contributed by atoms with van der Waals surface area (Å²) in [5.41, 5.74) is 6.37. The summed E-state index contributed by atoms with van der Waals surface area (Å²) in [6.45, 7) is 9.85. The van der Waals surface area contributed by atoms with Crippen molar-refractivity contribution in [1.82, 2.24) is 9.88 Å². The first kappa shape index (κ1) is 23.3. The highest BCUT2D eigenvalue weighted by molar-refractivity contribution is 7.22. The summed E-state index contributed by atoms with van der Waals surface area (Å²) >= 11 is 1.60. The van der Waals surface area contributed by atoms with Crippen molar-refractivity contribution in [2.24, 2.45) is 0 Å². The molecule has 3 rings (SSSR count). The lowest BCUT2D eigenvalue weighted by molar-refractivity contribution is 0.0985. The van der Waals surface area contributed by atoms with Crippen LogP contribution in [0.4, 0.5) is 5.13 Å². The first-order chi connectivity index (χ1) is 13.3. The number of anilines is 1. The Balaban J connectivity index is 0.00000300. The number of aromatic nitrogens is 1. The van der Waals surface area contributed by atoms with Crippen LogP contribution in [0.3, 0.4) is 0 Å². The number of hydrogen-bond acceptors (Lipinski definition) is 4. The van der Waals surface area contributed by atoms with Crippen LogP contribution in [-0.2, 0) is 0 Å². The number of thiazole rings is 1. The van der Waals surface area contributed by atoms with Crippen molar-refractivity contribution >= 4 is 45.0 Å². The maximum atomic E-state index is 13.4. The van der Waals surface area contributed by atoms with Crippen LogP contribution in [0.25, 0.3) is 10.2 Å². The zero-order valence-electron chi connectivity index (χ0n) is 18.1. The van der Waals surface area contributed by atoms with E-state index in [1.54, 1.807) is 11.3 Å². The Morgan fingerprint density at radius 3 is 2.31 bits per heavy atom. The molecule has 0 radical (unpaired) electrons. The average Bonchev–Trinajstić information content (AvgIpc) is 3.00. The highest BCUT2D eigenvalue weighted by atomic mass is 35.5. The van der Waals surface area contributed by atoms with Crippen LogP contribution in [-0.4, -0.2) is 43.0 Å². The van der Waals surface area contributed by atoms with E-state index in [1.807, 2.05) is 30.9 Å². The molecule has 0 spiro atoms. The molecular weight excluding hydrogens is 402 g/mol. The number of rotatable bonds is 6. The Hall–Kier alpha value is -1.95. The number of aryl methyl sites for hydroxylation is 4. The summed E-state index contributed by atoms with van der Waals surface area (Å²) in [5, 5.41) is 0.781. The third-order valence-electron chi connectivity index (χ3n) is 5.07. The van der Waals surface area contributed by atoms with E-state index in [-0.39, 0.29) is 18.3 Å². The van der Waals surface area contributed by atoms with Gasteiger partial charge in [-0.3, -0.25) is 9.69 Å². The van der Waals surface area contributed by atoms with Crippen molar-refractivity contribution in [3.63, 3.8) is 0 Å². The molecule has 1 aromatic heterocycles. The number of halogens is 1. The molecule has 29 heavy (non-hydrogen) atoms. The van der Waals surface area contributed by atoms with E-state index < -0.39 is 0 Å². The summed E-state index contributed by atoms with van der Waals surface area (Å²) in [5.74, 6) is 0.0313. The number of hydrogen-bond donors (Lipinski definition) is 0. The molecule has 0 bridgehead atoms. The molecule has 0 fully saturated rings. The Labute approximate surface area is 184 Å². The third kappa shape index (κ3) is 5.35. The van der Waals surface area contributed by atoms with Crippen LogP contribution in [0.1, 0.15) is 39.0 Å². The normalized spacial score (nSPS) is 11.0. The van der Waals surface area contributed by atoms with Gasteiger partial charge in [-0.1, -0.05) is 29.0 Å². The predicted octanol–water partition coefficient (Wildman–Crippen LogP) is 5.55. The van der Waals surface area contributed by atoms with E-state index in [4.69, 9.17) is 4.98 Å². The predicted molar refractivity (Wildman–Crippen MR) is 127 cm³/mol.